The predicted octanol–water partition coefficient (Wildman–Crippen LogP) is 2.38. The summed E-state index contributed by atoms with van der Waals surface area (Å²) >= 11 is 5.95. The Kier molecular flexibility index (Phi) is 4.50. The summed E-state index contributed by atoms with van der Waals surface area (Å²) in [4.78, 5) is 11.3. The first-order valence-electron chi connectivity index (χ1n) is 6.02. The molecule has 0 saturated heterocycles. The van der Waals surface area contributed by atoms with Gasteiger partial charge in [-0.25, -0.2) is 8.42 Å². The molecule has 0 aliphatic heterocycles. The molecule has 0 radical (unpaired) electrons. The molecule has 2 aromatic carbocycles. The zero-order chi connectivity index (χ0) is 15.5. The van der Waals surface area contributed by atoms with Gasteiger partial charge in [-0.2, -0.15) is 0 Å². The first-order valence-corrected chi connectivity index (χ1v) is 8.05. The molecule has 2 aromatic rings. The van der Waals surface area contributed by atoms with Gasteiger partial charge in [0.15, 0.2) is 0 Å². The zero-order valence-electron chi connectivity index (χ0n) is 10.9. The lowest BCUT2D eigenvalue weighted by Crippen LogP contribution is -2.19. The minimum absolute atomic E-state index is 0.111. The Morgan fingerprint density at radius 2 is 1.71 bits per heavy atom. The number of benzene rings is 2. The second kappa shape index (κ2) is 6.15. The summed E-state index contributed by atoms with van der Waals surface area (Å²) < 4.78 is 26.7. The van der Waals surface area contributed by atoms with Crippen molar-refractivity contribution in [3.05, 3.63) is 64.7 Å². The summed E-state index contributed by atoms with van der Waals surface area (Å²) in [5, 5.41) is 0.367. The molecule has 0 saturated carbocycles. The lowest BCUT2D eigenvalue weighted by Gasteiger charge is -2.11. The van der Waals surface area contributed by atoms with Gasteiger partial charge in [0.1, 0.15) is 0 Å². The van der Waals surface area contributed by atoms with E-state index >= 15 is 0 Å². The first kappa shape index (κ1) is 15.3. The predicted molar refractivity (Wildman–Crippen MR) is 82.7 cm³/mol. The number of nitrogens with two attached hydrogens (primary N) is 1. The molecule has 3 N–H and O–H groups in total. The molecule has 0 atom stereocenters. The van der Waals surface area contributed by atoms with Crippen molar-refractivity contribution in [2.75, 3.05) is 4.72 Å². The fraction of sp³-hybridized carbons (Fsp3) is 0.0714. The maximum absolute atomic E-state index is 12.2. The Labute approximate surface area is 127 Å². The highest BCUT2D eigenvalue weighted by Crippen LogP contribution is 2.21. The number of primary amides is 1. The molecule has 2 rings (SSSR count). The Bertz CT molecular complexity index is 775. The van der Waals surface area contributed by atoms with Gasteiger partial charge in [0.2, 0.25) is 10.0 Å². The van der Waals surface area contributed by atoms with E-state index in [1.54, 1.807) is 36.4 Å². The maximum Gasteiger partial charge on any atom is 0.250 e. The van der Waals surface area contributed by atoms with Crippen molar-refractivity contribution in [3.8, 4) is 0 Å². The standard InChI is InChI=1S/C14H13ClN2O3S/c15-12-7-3-1-5-10(12)9-21(19,20)17-13-8-4-2-6-11(13)14(16)18/h1-8,17H,9H2,(H2,16,18). The van der Waals surface area contributed by atoms with E-state index in [1.807, 2.05) is 0 Å². The number of carbonyl (C=O) groups is 1. The molecular weight excluding hydrogens is 312 g/mol. The number of para-hydroxylation sites is 1. The number of hydrogen-bond acceptors (Lipinski definition) is 3. The SMILES string of the molecule is NC(=O)c1ccccc1NS(=O)(=O)Cc1ccccc1Cl. The molecule has 0 aliphatic rings. The molecule has 0 unspecified atom stereocenters. The number of rotatable bonds is 5. The normalized spacial score (nSPS) is 11.1. The van der Waals surface area contributed by atoms with Crippen LogP contribution in [0.25, 0.3) is 0 Å². The van der Waals surface area contributed by atoms with E-state index in [2.05, 4.69) is 4.72 Å². The minimum atomic E-state index is -3.71. The van der Waals surface area contributed by atoms with Gasteiger partial charge in [0.05, 0.1) is 17.0 Å². The minimum Gasteiger partial charge on any atom is -0.366 e. The van der Waals surface area contributed by atoms with Gasteiger partial charge in [0.25, 0.3) is 5.91 Å². The summed E-state index contributed by atoms with van der Waals surface area (Å²) in [5.41, 5.74) is 5.95. The molecular formula is C14H13ClN2O3S. The Morgan fingerprint density at radius 3 is 2.38 bits per heavy atom. The van der Waals surface area contributed by atoms with Crippen LogP contribution in [-0.2, 0) is 15.8 Å². The van der Waals surface area contributed by atoms with Crippen molar-refractivity contribution in [1.82, 2.24) is 0 Å². The summed E-state index contributed by atoms with van der Waals surface area (Å²) in [6, 6.07) is 12.8. The van der Waals surface area contributed by atoms with Crippen LogP contribution >= 0.6 is 11.6 Å². The molecule has 0 bridgehead atoms. The summed E-state index contributed by atoms with van der Waals surface area (Å²) in [7, 11) is -3.71. The molecule has 5 nitrogen and oxygen atoms in total. The third-order valence-corrected chi connectivity index (χ3v) is 4.35. The second-order valence-electron chi connectivity index (χ2n) is 4.36. The molecule has 21 heavy (non-hydrogen) atoms. The van der Waals surface area contributed by atoms with E-state index < -0.39 is 15.9 Å². The van der Waals surface area contributed by atoms with Crippen LogP contribution in [-0.4, -0.2) is 14.3 Å². The number of anilines is 1. The van der Waals surface area contributed by atoms with Gasteiger partial charge in [-0.1, -0.05) is 41.9 Å². The summed E-state index contributed by atoms with van der Waals surface area (Å²) in [6.07, 6.45) is 0. The number of nitrogens with one attached hydrogen (secondary N) is 1. The van der Waals surface area contributed by atoms with Crippen LogP contribution in [0.3, 0.4) is 0 Å². The monoisotopic (exact) mass is 324 g/mol. The van der Waals surface area contributed by atoms with Crippen LogP contribution in [0.15, 0.2) is 48.5 Å². The van der Waals surface area contributed by atoms with Gasteiger partial charge in [-0.15, -0.1) is 0 Å². The lowest BCUT2D eigenvalue weighted by atomic mass is 10.2. The van der Waals surface area contributed by atoms with Crippen LogP contribution in [0, 0.1) is 0 Å². The smallest absolute Gasteiger partial charge is 0.250 e. The number of amides is 1. The van der Waals surface area contributed by atoms with Gasteiger partial charge in [-0.05, 0) is 23.8 Å². The Morgan fingerprint density at radius 1 is 1.10 bits per heavy atom. The highest BCUT2D eigenvalue weighted by Gasteiger charge is 2.17. The van der Waals surface area contributed by atoms with Crippen molar-refractivity contribution in [3.63, 3.8) is 0 Å². The zero-order valence-corrected chi connectivity index (χ0v) is 12.5. The average Bonchev–Trinajstić information content (AvgIpc) is 2.41. The van der Waals surface area contributed by atoms with Crippen LogP contribution in [0.1, 0.15) is 15.9 Å². The molecule has 0 fully saturated rings. The van der Waals surface area contributed by atoms with Crippen molar-refractivity contribution >= 4 is 33.2 Å². The molecule has 0 aromatic heterocycles. The summed E-state index contributed by atoms with van der Waals surface area (Å²) in [6.45, 7) is 0. The van der Waals surface area contributed by atoms with Gasteiger partial charge < -0.3 is 5.73 Å². The molecule has 0 spiro atoms. The van der Waals surface area contributed by atoms with E-state index in [0.29, 0.717) is 10.6 Å². The average molecular weight is 325 g/mol. The maximum atomic E-state index is 12.2. The summed E-state index contributed by atoms with van der Waals surface area (Å²) in [5.74, 6) is -0.995. The first-order chi connectivity index (χ1) is 9.89. The topological polar surface area (TPSA) is 89.3 Å². The van der Waals surface area contributed by atoms with Crippen LogP contribution in [0.5, 0.6) is 0 Å². The van der Waals surface area contributed by atoms with Crippen molar-refractivity contribution in [2.24, 2.45) is 5.73 Å². The van der Waals surface area contributed by atoms with Crippen LogP contribution < -0.4 is 10.5 Å². The number of carbonyl (C=O) groups excluding carboxylic acids is 1. The quantitative estimate of drug-likeness (QED) is 0.884. The molecule has 0 aliphatic carbocycles. The highest BCUT2D eigenvalue weighted by molar-refractivity contribution is 7.91. The molecule has 110 valence electrons. The van der Waals surface area contributed by atoms with Crippen molar-refractivity contribution < 1.29 is 13.2 Å². The molecule has 7 heteroatoms. The fourth-order valence-corrected chi connectivity index (χ4v) is 3.34. The van der Waals surface area contributed by atoms with E-state index in [0.717, 1.165) is 0 Å². The Balaban J connectivity index is 2.27. The van der Waals surface area contributed by atoms with Gasteiger partial charge in [-0.3, -0.25) is 9.52 Å². The van der Waals surface area contributed by atoms with E-state index in [9.17, 15) is 13.2 Å². The number of halogens is 1. The van der Waals surface area contributed by atoms with Crippen LogP contribution in [0.4, 0.5) is 5.69 Å². The third-order valence-electron chi connectivity index (χ3n) is 2.76. The van der Waals surface area contributed by atoms with Gasteiger partial charge in [0, 0.05) is 5.02 Å². The van der Waals surface area contributed by atoms with Crippen LogP contribution in [0.2, 0.25) is 5.02 Å². The van der Waals surface area contributed by atoms with Gasteiger partial charge >= 0.3 is 0 Å². The molecule has 1 amide bonds. The van der Waals surface area contributed by atoms with Crippen molar-refractivity contribution in [1.29, 1.82) is 0 Å². The van der Waals surface area contributed by atoms with E-state index in [1.165, 1.54) is 12.1 Å². The van der Waals surface area contributed by atoms with E-state index in [-0.39, 0.29) is 17.0 Å². The van der Waals surface area contributed by atoms with Crippen molar-refractivity contribution in [2.45, 2.75) is 5.75 Å². The number of sulfonamides is 1. The third kappa shape index (κ3) is 3.96. The van der Waals surface area contributed by atoms with E-state index in [4.69, 9.17) is 17.3 Å². The second-order valence-corrected chi connectivity index (χ2v) is 6.49. The lowest BCUT2D eigenvalue weighted by molar-refractivity contribution is 0.100. The largest absolute Gasteiger partial charge is 0.366 e. The molecule has 0 heterocycles. The Hall–Kier alpha value is -2.05. The highest BCUT2D eigenvalue weighted by atomic mass is 35.5. The fourth-order valence-electron chi connectivity index (χ4n) is 1.81. The number of hydrogen-bond donors (Lipinski definition) is 2.